The molecule has 0 spiro atoms. The van der Waals surface area contributed by atoms with E-state index in [2.05, 4.69) is 69.5 Å². The van der Waals surface area contributed by atoms with Crippen LogP contribution >= 0.6 is 23.9 Å². The summed E-state index contributed by atoms with van der Waals surface area (Å²) in [6.45, 7) is 3.69. The van der Waals surface area contributed by atoms with Crippen molar-refractivity contribution in [2.75, 3.05) is 30.2 Å². The molecule has 2 aliphatic heterocycles. The summed E-state index contributed by atoms with van der Waals surface area (Å²) in [4.78, 5) is 15.0. The number of nitrogens with two attached hydrogens (primary N) is 1. The Morgan fingerprint density at radius 1 is 0.927 bits per heavy atom. The molecular formula is C34H40N4OS2. The summed E-state index contributed by atoms with van der Waals surface area (Å²) in [6.07, 6.45) is 5.65. The average Bonchev–Trinajstić information content (AvgIpc) is 3.01. The number of fused-ring (bicyclic) bond motifs is 2. The van der Waals surface area contributed by atoms with Gasteiger partial charge in [0, 0.05) is 30.7 Å². The number of likely N-dealkylation sites (tertiary alicyclic amines) is 1. The second-order valence-corrected chi connectivity index (χ2v) is 12.9. The van der Waals surface area contributed by atoms with Crippen molar-refractivity contribution >= 4 is 46.3 Å². The fraction of sp³-hybridized carbons (Fsp3) is 0.324. The minimum absolute atomic E-state index is 0.106. The van der Waals surface area contributed by atoms with Crippen LogP contribution in [0.15, 0.2) is 95.9 Å². The Morgan fingerprint density at radius 3 is 2.46 bits per heavy atom. The molecular weight excluding hydrogens is 545 g/mol. The first-order valence-electron chi connectivity index (χ1n) is 14.5. The predicted molar refractivity (Wildman–Crippen MR) is 176 cm³/mol. The molecule has 0 unspecified atom stereocenters. The van der Waals surface area contributed by atoms with Crippen molar-refractivity contribution in [2.24, 2.45) is 5.73 Å². The maximum absolute atomic E-state index is 11.3. The zero-order valence-electron chi connectivity index (χ0n) is 23.8. The Kier molecular flexibility index (Phi) is 10.6. The number of aryl methyl sites for hydroxylation is 1. The molecule has 214 valence electrons. The molecule has 1 atom stereocenters. The molecule has 3 N–H and O–H groups in total. The third-order valence-electron chi connectivity index (χ3n) is 7.65. The fourth-order valence-electron chi connectivity index (χ4n) is 5.43. The summed E-state index contributed by atoms with van der Waals surface area (Å²) >= 11 is 3.46. The van der Waals surface area contributed by atoms with Crippen LogP contribution in [-0.4, -0.2) is 36.7 Å². The van der Waals surface area contributed by atoms with Crippen molar-refractivity contribution in [3.05, 3.63) is 108 Å². The van der Waals surface area contributed by atoms with Gasteiger partial charge in [0.15, 0.2) is 0 Å². The van der Waals surface area contributed by atoms with Crippen LogP contribution < -0.4 is 14.8 Å². The highest BCUT2D eigenvalue weighted by molar-refractivity contribution is 8.00. The number of nitrogens with one attached hydrogen (secondary N) is 1. The standard InChI is InChI=1S/C19H18N2OS.C15H22N2S/c20-19(22)13-18(15-7-2-1-3-8-15)21-23-17-11-10-14-6-4-5-9-16(14)12-17;1-16-15-11-13(5-6-14(15)7-10-18-16)12-17-8-3-2-4-9-17/h1-12,18,21H,13H2,(H2,20,22);5-6,11H,2-4,7-10,12H2,1H3/t18-;/m1./s1. The molecule has 0 bridgehead atoms. The van der Waals surface area contributed by atoms with Gasteiger partial charge in [-0.05, 0) is 102 Å². The number of hydrogen-bond donors (Lipinski definition) is 2. The summed E-state index contributed by atoms with van der Waals surface area (Å²) in [5, 5.41) is 2.42. The average molecular weight is 585 g/mol. The number of carbonyl (C=O) groups is 1. The normalized spacial score (nSPS) is 16.0. The number of hydrogen-bond acceptors (Lipinski definition) is 6. The van der Waals surface area contributed by atoms with Crippen LogP contribution in [0.1, 0.15) is 48.4 Å². The monoisotopic (exact) mass is 584 g/mol. The molecule has 7 heteroatoms. The number of anilines is 1. The summed E-state index contributed by atoms with van der Waals surface area (Å²) in [7, 11) is 2.19. The van der Waals surface area contributed by atoms with Gasteiger partial charge in [0.05, 0.1) is 11.7 Å². The summed E-state index contributed by atoms with van der Waals surface area (Å²) in [5.41, 5.74) is 10.9. The Hall–Kier alpha value is -2.97. The number of rotatable bonds is 8. The van der Waals surface area contributed by atoms with E-state index in [4.69, 9.17) is 5.73 Å². The first-order valence-corrected chi connectivity index (χ1v) is 16.3. The number of amides is 1. The van der Waals surface area contributed by atoms with Crippen LogP contribution in [0.4, 0.5) is 5.69 Å². The van der Waals surface area contributed by atoms with Crippen LogP contribution in [0.5, 0.6) is 0 Å². The number of primary amides is 1. The quantitative estimate of drug-likeness (QED) is 0.211. The lowest BCUT2D eigenvalue weighted by Gasteiger charge is -2.29. The van der Waals surface area contributed by atoms with E-state index in [9.17, 15) is 4.79 Å². The van der Waals surface area contributed by atoms with Gasteiger partial charge in [0.25, 0.3) is 0 Å². The lowest BCUT2D eigenvalue weighted by Crippen LogP contribution is -2.29. The summed E-state index contributed by atoms with van der Waals surface area (Å²) < 4.78 is 5.70. The lowest BCUT2D eigenvalue weighted by atomic mass is 10.0. The molecule has 1 saturated heterocycles. The molecule has 6 rings (SSSR count). The third kappa shape index (κ3) is 8.52. The third-order valence-corrected chi connectivity index (χ3v) is 9.51. The van der Waals surface area contributed by atoms with Gasteiger partial charge in [-0.15, -0.1) is 0 Å². The molecule has 2 heterocycles. The fourth-order valence-corrected chi connectivity index (χ4v) is 7.15. The topological polar surface area (TPSA) is 61.6 Å². The smallest absolute Gasteiger partial charge is 0.219 e. The molecule has 0 aliphatic carbocycles. The highest BCUT2D eigenvalue weighted by Gasteiger charge is 2.17. The second kappa shape index (κ2) is 14.8. The zero-order valence-corrected chi connectivity index (χ0v) is 25.4. The van der Waals surface area contributed by atoms with E-state index in [1.165, 1.54) is 84.1 Å². The molecule has 5 nitrogen and oxygen atoms in total. The van der Waals surface area contributed by atoms with Crippen LogP contribution in [0.25, 0.3) is 10.8 Å². The van der Waals surface area contributed by atoms with Crippen molar-refractivity contribution in [2.45, 2.75) is 49.6 Å². The Balaban J connectivity index is 0.000000169. The van der Waals surface area contributed by atoms with Crippen LogP contribution in [0.3, 0.4) is 0 Å². The van der Waals surface area contributed by atoms with E-state index >= 15 is 0 Å². The van der Waals surface area contributed by atoms with Gasteiger partial charge < -0.3 is 10.0 Å². The number of nitrogens with zero attached hydrogens (tertiary/aromatic N) is 2. The minimum Gasteiger partial charge on any atom is -0.370 e. The second-order valence-electron chi connectivity index (χ2n) is 10.7. The Morgan fingerprint density at radius 2 is 1.68 bits per heavy atom. The molecule has 41 heavy (non-hydrogen) atoms. The number of piperidine rings is 1. The van der Waals surface area contributed by atoms with Gasteiger partial charge >= 0.3 is 0 Å². The summed E-state index contributed by atoms with van der Waals surface area (Å²) in [5.74, 6) is 0.903. The maximum Gasteiger partial charge on any atom is 0.219 e. The van der Waals surface area contributed by atoms with Crippen LogP contribution in [0, 0.1) is 0 Å². The first-order chi connectivity index (χ1) is 20.0. The van der Waals surface area contributed by atoms with Crippen molar-refractivity contribution in [3.63, 3.8) is 0 Å². The Bertz CT molecular complexity index is 1420. The van der Waals surface area contributed by atoms with Crippen molar-refractivity contribution in [1.29, 1.82) is 0 Å². The van der Waals surface area contributed by atoms with E-state index in [0.29, 0.717) is 0 Å². The van der Waals surface area contributed by atoms with E-state index in [1.54, 1.807) is 0 Å². The molecule has 1 fully saturated rings. The number of benzene rings is 4. The summed E-state index contributed by atoms with van der Waals surface area (Å²) in [6, 6.07) is 31.4. The van der Waals surface area contributed by atoms with E-state index in [-0.39, 0.29) is 18.4 Å². The molecule has 2 aliphatic rings. The largest absolute Gasteiger partial charge is 0.370 e. The van der Waals surface area contributed by atoms with Crippen LogP contribution in [0.2, 0.25) is 0 Å². The SMILES string of the molecule is CN1SCCc2ccc(CN3CCCCC3)cc21.NC(=O)C[C@@H](NSc1ccc2ccccc2c1)c1ccccc1. The molecule has 0 radical (unpaired) electrons. The van der Waals surface area contributed by atoms with Gasteiger partial charge in [-0.3, -0.25) is 14.4 Å². The number of carbonyl (C=O) groups excluding carboxylic acids is 1. The van der Waals surface area contributed by atoms with E-state index < -0.39 is 0 Å². The van der Waals surface area contributed by atoms with E-state index in [0.717, 1.165) is 17.0 Å². The minimum atomic E-state index is -0.314. The molecule has 4 aromatic carbocycles. The highest BCUT2D eigenvalue weighted by Crippen LogP contribution is 2.32. The predicted octanol–water partition coefficient (Wildman–Crippen LogP) is 7.37. The maximum atomic E-state index is 11.3. The van der Waals surface area contributed by atoms with Crippen LogP contribution in [-0.2, 0) is 17.8 Å². The molecule has 1 amide bonds. The molecule has 0 aromatic heterocycles. The first kappa shape index (κ1) is 29.5. The van der Waals surface area contributed by atoms with Gasteiger partial charge in [-0.25, -0.2) is 0 Å². The highest BCUT2D eigenvalue weighted by atomic mass is 32.2. The van der Waals surface area contributed by atoms with Gasteiger partial charge in [0.1, 0.15) is 0 Å². The van der Waals surface area contributed by atoms with Crippen molar-refractivity contribution in [3.8, 4) is 0 Å². The van der Waals surface area contributed by atoms with E-state index in [1.807, 2.05) is 54.4 Å². The van der Waals surface area contributed by atoms with Gasteiger partial charge in [-0.2, -0.15) is 0 Å². The van der Waals surface area contributed by atoms with Crippen molar-refractivity contribution < 1.29 is 4.79 Å². The van der Waals surface area contributed by atoms with Gasteiger partial charge in [0.2, 0.25) is 5.91 Å². The van der Waals surface area contributed by atoms with Crippen molar-refractivity contribution in [1.82, 2.24) is 9.62 Å². The molecule has 4 aromatic rings. The zero-order chi connectivity index (χ0) is 28.4. The molecule has 0 saturated carbocycles. The Labute approximate surface area is 253 Å². The lowest BCUT2D eigenvalue weighted by molar-refractivity contribution is -0.118. The van der Waals surface area contributed by atoms with Gasteiger partial charge in [-0.1, -0.05) is 79.2 Å².